The minimum absolute atomic E-state index is 0.0278. The highest BCUT2D eigenvalue weighted by molar-refractivity contribution is 5.97. The van der Waals surface area contributed by atoms with Crippen molar-refractivity contribution in [3.63, 3.8) is 0 Å². The molecule has 8 N–H and O–H groups in total. The van der Waals surface area contributed by atoms with E-state index in [1.165, 1.54) is 0 Å². The Bertz CT molecular complexity index is 3220. The van der Waals surface area contributed by atoms with Crippen LogP contribution in [-0.2, 0) is 79.2 Å². The van der Waals surface area contributed by atoms with Crippen molar-refractivity contribution in [1.82, 2.24) is 40.4 Å². The number of amides is 4. The van der Waals surface area contributed by atoms with Gasteiger partial charge in [-0.15, -0.1) is 6.42 Å². The fraction of sp³-hybridized carbons (Fsp3) is 0.591. The number of carbonyl (C=O) groups excluding carboxylic acids is 4. The third-order valence-electron chi connectivity index (χ3n) is 16.5. The van der Waals surface area contributed by atoms with E-state index >= 15 is 0 Å². The van der Waals surface area contributed by atoms with Crippen molar-refractivity contribution in [3.8, 4) is 23.5 Å². The van der Waals surface area contributed by atoms with Gasteiger partial charge >= 0.3 is 0 Å². The number of fused-ring (bicyclic) bond motifs is 2. The summed E-state index contributed by atoms with van der Waals surface area (Å²) in [6, 6.07) is 18.3. The molecule has 4 amide bonds. The van der Waals surface area contributed by atoms with Gasteiger partial charge < -0.3 is 94.1 Å². The summed E-state index contributed by atoms with van der Waals surface area (Å²) in [7, 11) is 1.74. The molecule has 3 fully saturated rings. The first-order chi connectivity index (χ1) is 44.8. The second-order valence-electron chi connectivity index (χ2n) is 23.5. The van der Waals surface area contributed by atoms with E-state index in [2.05, 4.69) is 49.6 Å². The molecule has 0 unspecified atom stereocenters. The van der Waals surface area contributed by atoms with E-state index in [0.29, 0.717) is 115 Å². The Balaban J connectivity index is 0.811. The van der Waals surface area contributed by atoms with Gasteiger partial charge in [-0.25, -0.2) is 9.97 Å². The molecule has 3 aromatic heterocycles. The van der Waals surface area contributed by atoms with Crippen LogP contribution in [0.5, 0.6) is 0 Å². The maximum Gasteiger partial charge on any atom is 0.274 e. The largest absolute Gasteiger partial charge is 0.379 e. The van der Waals surface area contributed by atoms with Gasteiger partial charge in [0, 0.05) is 86.4 Å². The van der Waals surface area contributed by atoms with Crippen molar-refractivity contribution < 1.29 is 66.5 Å². The zero-order valence-electron chi connectivity index (χ0n) is 53.3. The number of anilines is 1. The summed E-state index contributed by atoms with van der Waals surface area (Å²) in [6.07, 6.45) is 14.6. The number of piperidine rings is 2. The molecule has 2 atom stereocenters. The lowest BCUT2D eigenvalue weighted by atomic mass is 9.87. The number of nitrogens with one attached hydrogen (secondary N) is 4. The van der Waals surface area contributed by atoms with Gasteiger partial charge in [0.25, 0.3) is 5.56 Å². The van der Waals surface area contributed by atoms with Crippen molar-refractivity contribution >= 4 is 51.4 Å². The molecule has 1 aliphatic carbocycles. The number of pyridine rings is 1. The highest BCUT2D eigenvalue weighted by Gasteiger charge is 2.45. The predicted octanol–water partition coefficient (Wildman–Crippen LogP) is 2.65. The standard InChI is InChI=1S/C66H93N11O15/c1-4-20-72-65(2)18-24-76(25-19-65)51-15-22-77(23-16-51)64-73-56-13-10-48(55-44-75(3)63(82)60-53(55)14-21-69-60)41-54(56)61(74-64)66(92-52-11-12-52,50-8-6-5-7-9-50)46-91-47-71-59(80)43-70-62(81)49(42-58(68)79)45-90-40-39-89-38-37-88-36-35-87-34-33-86-32-31-85-30-29-84-28-27-83-26-17-57(67)78/h1,5-10,13-14,21,41,44,49,51-52,69,72H,11-12,15-20,22-40,42-43,45-47H2,2-3H3,(H2,67,78)(H2,68,79)(H,70,81)(H,71,80)/t49-,66-/m0/s1. The Kier molecular flexibility index (Phi) is 28.6. The number of H-pyrrole nitrogens is 1. The van der Waals surface area contributed by atoms with E-state index < -0.39 is 41.7 Å². The normalized spacial score (nSPS) is 16.3. The molecule has 92 heavy (non-hydrogen) atoms. The van der Waals surface area contributed by atoms with Crippen LogP contribution in [0.1, 0.15) is 69.5 Å². The zero-order chi connectivity index (χ0) is 65.0. The Hall–Kier alpha value is -6.97. The fourth-order valence-corrected chi connectivity index (χ4v) is 11.2. The molecule has 26 heteroatoms. The number of primary amides is 2. The number of nitrogens with two attached hydrogens (primary N) is 2. The molecule has 502 valence electrons. The van der Waals surface area contributed by atoms with Crippen LogP contribution in [0, 0.1) is 18.3 Å². The number of likely N-dealkylation sites (tertiary alicyclic amines) is 1. The number of nitrogens with zero attached hydrogens (tertiary/aromatic N) is 5. The zero-order valence-corrected chi connectivity index (χ0v) is 53.3. The van der Waals surface area contributed by atoms with Crippen molar-refractivity contribution in [1.29, 1.82) is 0 Å². The van der Waals surface area contributed by atoms with Gasteiger partial charge in [0.15, 0.2) is 5.60 Å². The number of terminal acetylenes is 1. The van der Waals surface area contributed by atoms with E-state index in [0.717, 1.165) is 92.2 Å². The minimum Gasteiger partial charge on any atom is -0.379 e. The maximum atomic E-state index is 13.4. The molecule has 0 spiro atoms. The molecular formula is C66H93N11O15. The number of hydrogen-bond donors (Lipinski definition) is 6. The number of benzene rings is 2. The first-order valence-corrected chi connectivity index (χ1v) is 32.0. The minimum atomic E-state index is -1.31. The van der Waals surface area contributed by atoms with Crippen LogP contribution < -0.4 is 37.9 Å². The van der Waals surface area contributed by atoms with E-state index in [1.807, 2.05) is 54.7 Å². The SMILES string of the molecule is C#CCNC1(C)CCN(C2CCN(c3nc([C@@](COCNC(=O)CNC(=O)[C@H](COCCOCCOCCOCCOCCOCCOCCOCCC(N)=O)CC(N)=O)(OC4CC4)c4ccccc4)c4cc(-c5cn(C)c(=O)c6[nH]ccc56)ccc4n3)CC2)CC1. The van der Waals surface area contributed by atoms with Crippen molar-refractivity contribution in [2.45, 2.75) is 81.6 Å². The van der Waals surface area contributed by atoms with Gasteiger partial charge in [-0.2, -0.15) is 0 Å². The second-order valence-corrected chi connectivity index (χ2v) is 23.5. The Labute approximate surface area is 537 Å². The van der Waals surface area contributed by atoms with Gasteiger partial charge in [0.1, 0.15) is 12.2 Å². The van der Waals surface area contributed by atoms with Crippen LogP contribution in [0.25, 0.3) is 32.9 Å². The van der Waals surface area contributed by atoms with Gasteiger partial charge in [-0.3, -0.25) is 24.0 Å². The lowest BCUT2D eigenvalue weighted by Gasteiger charge is -2.45. The molecule has 2 aliphatic heterocycles. The van der Waals surface area contributed by atoms with Crippen LogP contribution >= 0.6 is 0 Å². The molecule has 1 saturated carbocycles. The number of aromatic amines is 1. The summed E-state index contributed by atoms with van der Waals surface area (Å²) in [5.41, 5.74) is 13.5. The first kappa shape index (κ1) is 70.9. The van der Waals surface area contributed by atoms with Crippen molar-refractivity contribution in [2.24, 2.45) is 24.4 Å². The molecule has 0 radical (unpaired) electrons. The Morgan fingerprint density at radius 1 is 0.739 bits per heavy atom. The number of carbonyl (C=O) groups is 4. The van der Waals surface area contributed by atoms with Crippen LogP contribution in [-0.4, -0.2) is 224 Å². The van der Waals surface area contributed by atoms with Gasteiger partial charge in [-0.1, -0.05) is 42.3 Å². The highest BCUT2D eigenvalue weighted by Crippen LogP contribution is 2.44. The molecule has 0 bridgehead atoms. The average molecular weight is 1280 g/mol. The van der Waals surface area contributed by atoms with Gasteiger partial charge in [0.2, 0.25) is 29.6 Å². The maximum absolute atomic E-state index is 13.4. The molecule has 3 aliphatic rings. The fourth-order valence-electron chi connectivity index (χ4n) is 11.2. The molecule has 2 aromatic carbocycles. The predicted molar refractivity (Wildman–Crippen MR) is 344 cm³/mol. The van der Waals surface area contributed by atoms with Crippen molar-refractivity contribution in [2.75, 3.05) is 163 Å². The molecule has 2 saturated heterocycles. The highest BCUT2D eigenvalue weighted by atomic mass is 16.6. The summed E-state index contributed by atoms with van der Waals surface area (Å²) < 4.78 is 59.3. The third-order valence-corrected chi connectivity index (χ3v) is 16.5. The monoisotopic (exact) mass is 1280 g/mol. The van der Waals surface area contributed by atoms with Gasteiger partial charge in [-0.05, 0) is 74.8 Å². The second kappa shape index (κ2) is 37.1. The van der Waals surface area contributed by atoms with Crippen molar-refractivity contribution in [3.05, 3.63) is 88.6 Å². The number of aryl methyl sites for hydroxylation is 1. The molecular weight excluding hydrogens is 1190 g/mol. The summed E-state index contributed by atoms with van der Waals surface area (Å²) in [5, 5.41) is 10.5. The smallest absolute Gasteiger partial charge is 0.274 e. The van der Waals surface area contributed by atoms with Crippen LogP contribution in [0.2, 0.25) is 0 Å². The topological polar surface area (TPSA) is 319 Å². The summed E-state index contributed by atoms with van der Waals surface area (Å²) in [4.78, 5) is 81.6. The first-order valence-electron chi connectivity index (χ1n) is 32.0. The lowest BCUT2D eigenvalue weighted by Crippen LogP contribution is -2.55. The third kappa shape index (κ3) is 21.8. The van der Waals surface area contributed by atoms with E-state index in [-0.39, 0.29) is 69.8 Å². The van der Waals surface area contributed by atoms with Crippen LogP contribution in [0.4, 0.5) is 5.95 Å². The average Bonchev–Trinajstić information content (AvgIpc) is 1.08. The van der Waals surface area contributed by atoms with Crippen LogP contribution in [0.3, 0.4) is 0 Å². The summed E-state index contributed by atoms with van der Waals surface area (Å²) in [5.74, 6) is 0.143. The van der Waals surface area contributed by atoms with Gasteiger partial charge in [0.05, 0.1) is 149 Å². The number of aromatic nitrogens is 4. The number of hydrogen-bond acceptors (Lipinski definition) is 20. The Morgan fingerprint density at radius 2 is 1.35 bits per heavy atom. The summed E-state index contributed by atoms with van der Waals surface area (Å²) in [6.45, 7) is 10.8. The molecule has 5 heterocycles. The molecule has 5 aromatic rings. The van der Waals surface area contributed by atoms with Crippen LogP contribution in [0.15, 0.2) is 71.8 Å². The van der Waals surface area contributed by atoms with E-state index in [4.69, 9.17) is 75.2 Å². The van der Waals surface area contributed by atoms with E-state index in [9.17, 15) is 24.0 Å². The molecule has 8 rings (SSSR count). The summed E-state index contributed by atoms with van der Waals surface area (Å²) >= 11 is 0. The molecule has 26 nitrogen and oxygen atoms in total. The lowest BCUT2D eigenvalue weighted by molar-refractivity contribution is -0.133. The number of rotatable bonds is 44. The Morgan fingerprint density at radius 3 is 1.93 bits per heavy atom. The van der Waals surface area contributed by atoms with E-state index in [1.54, 1.807) is 17.8 Å². The quantitative estimate of drug-likeness (QED) is 0.0185. The number of ether oxygens (including phenoxy) is 10.